The molecule has 6 nitrogen and oxygen atoms in total. The molecule has 0 saturated carbocycles. The number of rotatable bonds is 2. The molecule has 1 radical (unpaired) electrons. The molecule has 11 heteroatoms. The van der Waals surface area contributed by atoms with E-state index in [2.05, 4.69) is 36.2 Å². The summed E-state index contributed by atoms with van der Waals surface area (Å²) in [5.41, 5.74) is 3.48. The summed E-state index contributed by atoms with van der Waals surface area (Å²) in [7, 11) is 0. The van der Waals surface area contributed by atoms with Gasteiger partial charge in [0, 0.05) is 49.7 Å². The molecule has 3 aromatic heterocycles. The van der Waals surface area contributed by atoms with Crippen LogP contribution in [0.5, 0.6) is 0 Å². The first-order valence-electron chi connectivity index (χ1n) is 8.58. The van der Waals surface area contributed by atoms with Gasteiger partial charge in [-0.25, -0.2) is 0 Å². The van der Waals surface area contributed by atoms with Gasteiger partial charge in [-0.2, -0.15) is 13.2 Å². The van der Waals surface area contributed by atoms with Gasteiger partial charge in [-0.15, -0.1) is 29.8 Å². The van der Waals surface area contributed by atoms with Crippen LogP contribution in [0.2, 0.25) is 0 Å². The first-order chi connectivity index (χ1) is 14.2. The second-order valence-corrected chi connectivity index (χ2v) is 6.04. The van der Waals surface area contributed by atoms with Crippen LogP contribution in [0.3, 0.4) is 0 Å². The molecular weight excluding hydrogens is 592 g/mol. The van der Waals surface area contributed by atoms with Gasteiger partial charge in [0.15, 0.2) is 0 Å². The Morgan fingerprint density at radius 2 is 1.77 bits per heavy atom. The van der Waals surface area contributed by atoms with E-state index in [9.17, 15) is 17.6 Å². The van der Waals surface area contributed by atoms with E-state index in [1.54, 1.807) is 24.4 Å². The van der Waals surface area contributed by atoms with Gasteiger partial charge in [-0.1, -0.05) is 6.07 Å². The predicted octanol–water partition coefficient (Wildman–Crippen LogP) is 4.21. The molecule has 0 N–H and O–H groups in total. The van der Waals surface area contributed by atoms with Gasteiger partial charge in [-0.3, -0.25) is 19.5 Å². The van der Waals surface area contributed by atoms with Crippen molar-refractivity contribution in [2.75, 3.05) is 0 Å². The van der Waals surface area contributed by atoms with Crippen LogP contribution in [0.4, 0.5) is 17.6 Å². The molecule has 1 aromatic carbocycles. The number of nitrogens with zero attached hydrogens (tertiary/aromatic N) is 6. The molecule has 4 rings (SSSR count). The normalized spacial score (nSPS) is 10.6. The van der Waals surface area contributed by atoms with E-state index < -0.39 is 12.0 Å². The average Bonchev–Trinajstić information content (AvgIpc) is 3.21. The molecule has 163 valence electrons. The summed E-state index contributed by atoms with van der Waals surface area (Å²) < 4.78 is 49.1. The zero-order valence-corrected chi connectivity index (χ0v) is 18.5. The SMILES string of the molecule is Cc1cnc(-c2[c-]cc(F)cc2)c(C)n1.FC(F)(F)c1n[n-]c(-c2ccccn2)n1.[Ir]. The topological polar surface area (TPSA) is 78.5 Å². The molecule has 0 aliphatic carbocycles. The van der Waals surface area contributed by atoms with E-state index >= 15 is 0 Å². The second kappa shape index (κ2) is 10.3. The first kappa shape index (κ1) is 24.2. The van der Waals surface area contributed by atoms with Crippen LogP contribution in [0.1, 0.15) is 17.2 Å². The fraction of sp³-hybridized carbons (Fsp3) is 0.150. The second-order valence-electron chi connectivity index (χ2n) is 6.04. The van der Waals surface area contributed by atoms with Crippen molar-refractivity contribution in [3.05, 3.63) is 77.9 Å². The van der Waals surface area contributed by atoms with Gasteiger partial charge in [0.05, 0.1) is 11.4 Å². The van der Waals surface area contributed by atoms with Crippen molar-refractivity contribution in [2.45, 2.75) is 20.0 Å². The third-order valence-electron chi connectivity index (χ3n) is 3.70. The summed E-state index contributed by atoms with van der Waals surface area (Å²) in [4.78, 5) is 15.6. The van der Waals surface area contributed by atoms with Crippen LogP contribution in [0.25, 0.3) is 22.8 Å². The zero-order valence-electron chi connectivity index (χ0n) is 16.1. The van der Waals surface area contributed by atoms with E-state index in [1.165, 1.54) is 24.4 Å². The first-order valence-corrected chi connectivity index (χ1v) is 8.58. The van der Waals surface area contributed by atoms with E-state index in [-0.39, 0.29) is 37.4 Å². The molecule has 31 heavy (non-hydrogen) atoms. The molecule has 0 spiro atoms. The Morgan fingerprint density at radius 1 is 1.00 bits per heavy atom. The molecule has 0 aliphatic heterocycles. The molecule has 4 aromatic rings. The van der Waals surface area contributed by atoms with Gasteiger partial charge in [0.25, 0.3) is 0 Å². The molecule has 0 bridgehead atoms. The number of alkyl halides is 3. The number of aryl methyl sites for hydroxylation is 2. The average molecular weight is 607 g/mol. The Labute approximate surface area is 188 Å². The zero-order chi connectivity index (χ0) is 21.7. The summed E-state index contributed by atoms with van der Waals surface area (Å²) in [6, 6.07) is 12.0. The maximum atomic E-state index is 12.7. The van der Waals surface area contributed by atoms with E-state index in [0.717, 1.165) is 22.6 Å². The minimum atomic E-state index is -4.57. The standard InChI is InChI=1S/C12H10FN2.C8H4F3N4.Ir/c1-8-7-14-12(9(2)15-8)10-3-5-11(13)6-4-10;9-8(10,11)7-13-6(14-15-7)5-3-1-2-4-12-5;/h3,5-7H,1-2H3;1-4H;/q2*-1;. The summed E-state index contributed by atoms with van der Waals surface area (Å²) in [5.74, 6) is -1.66. The van der Waals surface area contributed by atoms with Crippen LogP contribution >= 0.6 is 0 Å². The molecular formula is C20H14F4IrN6-2. The monoisotopic (exact) mass is 607 g/mol. The summed E-state index contributed by atoms with van der Waals surface area (Å²) >= 11 is 0. The third-order valence-corrected chi connectivity index (χ3v) is 3.70. The van der Waals surface area contributed by atoms with Crippen molar-refractivity contribution < 1.29 is 37.7 Å². The minimum Gasteiger partial charge on any atom is -0.413 e. The largest absolute Gasteiger partial charge is 0.429 e. The molecule has 0 fully saturated rings. The van der Waals surface area contributed by atoms with Crippen molar-refractivity contribution >= 4 is 0 Å². The van der Waals surface area contributed by atoms with Crippen LogP contribution < -0.4 is 5.10 Å². The van der Waals surface area contributed by atoms with Crippen molar-refractivity contribution in [3.8, 4) is 22.8 Å². The Hall–Kier alpha value is -3.04. The Morgan fingerprint density at radius 3 is 2.32 bits per heavy atom. The van der Waals surface area contributed by atoms with Crippen molar-refractivity contribution in [2.24, 2.45) is 0 Å². The van der Waals surface area contributed by atoms with Crippen LogP contribution in [-0.4, -0.2) is 25.0 Å². The quantitative estimate of drug-likeness (QED) is 0.252. The molecule has 0 atom stereocenters. The van der Waals surface area contributed by atoms with Gasteiger partial charge in [-0.05, 0) is 31.8 Å². The summed E-state index contributed by atoms with van der Waals surface area (Å²) in [6.07, 6.45) is -1.43. The third kappa shape index (κ3) is 6.47. The smallest absolute Gasteiger partial charge is 0.413 e. The Kier molecular flexibility index (Phi) is 8.07. The molecule has 0 unspecified atom stereocenters. The fourth-order valence-corrected chi connectivity index (χ4v) is 2.38. The number of halogens is 4. The van der Waals surface area contributed by atoms with Crippen LogP contribution in [0, 0.1) is 25.7 Å². The van der Waals surface area contributed by atoms with Gasteiger partial charge < -0.3 is 15.1 Å². The number of aromatic nitrogens is 6. The molecule has 0 amide bonds. The van der Waals surface area contributed by atoms with Crippen LogP contribution in [-0.2, 0) is 26.3 Å². The van der Waals surface area contributed by atoms with Crippen LogP contribution in [0.15, 0.2) is 48.8 Å². The Bertz CT molecular complexity index is 1110. The number of pyridine rings is 1. The van der Waals surface area contributed by atoms with Crippen molar-refractivity contribution in [1.29, 1.82) is 0 Å². The van der Waals surface area contributed by atoms with E-state index in [4.69, 9.17) is 0 Å². The molecule has 0 saturated heterocycles. The number of hydrogen-bond acceptors (Lipinski definition) is 5. The predicted molar refractivity (Wildman–Crippen MR) is 99.3 cm³/mol. The maximum Gasteiger partial charge on any atom is 0.429 e. The van der Waals surface area contributed by atoms with Gasteiger partial charge in [0.2, 0.25) is 0 Å². The van der Waals surface area contributed by atoms with Gasteiger partial charge in [0.1, 0.15) is 5.82 Å². The summed E-state index contributed by atoms with van der Waals surface area (Å²) in [5, 5.41) is 6.25. The maximum absolute atomic E-state index is 12.7. The van der Waals surface area contributed by atoms with Crippen molar-refractivity contribution in [3.63, 3.8) is 0 Å². The van der Waals surface area contributed by atoms with E-state index in [1.807, 2.05) is 13.8 Å². The van der Waals surface area contributed by atoms with E-state index in [0.29, 0.717) is 0 Å². The fourth-order valence-electron chi connectivity index (χ4n) is 2.38. The number of benzene rings is 1. The van der Waals surface area contributed by atoms with Crippen molar-refractivity contribution in [1.82, 2.24) is 30.1 Å². The minimum absolute atomic E-state index is 0. The van der Waals surface area contributed by atoms with Gasteiger partial charge >= 0.3 is 6.18 Å². The number of hydrogen-bond donors (Lipinski definition) is 0. The Balaban J connectivity index is 0.000000213. The molecule has 3 heterocycles. The molecule has 0 aliphatic rings. The summed E-state index contributed by atoms with van der Waals surface area (Å²) in [6.45, 7) is 3.77.